The predicted octanol–water partition coefficient (Wildman–Crippen LogP) is 3.59. The minimum atomic E-state index is 0.552. The van der Waals surface area contributed by atoms with Gasteiger partial charge in [-0.05, 0) is 31.7 Å². The van der Waals surface area contributed by atoms with Crippen molar-refractivity contribution in [2.75, 3.05) is 11.4 Å². The van der Waals surface area contributed by atoms with Gasteiger partial charge in [0.1, 0.15) is 5.82 Å². The summed E-state index contributed by atoms with van der Waals surface area (Å²) in [6, 6.07) is 4.69. The summed E-state index contributed by atoms with van der Waals surface area (Å²) in [5.41, 5.74) is 1.16. The van der Waals surface area contributed by atoms with Gasteiger partial charge < -0.3 is 4.90 Å². The van der Waals surface area contributed by atoms with E-state index < -0.39 is 0 Å². The Morgan fingerprint density at radius 3 is 3.12 bits per heavy atom. The Bertz CT molecular complexity index is 340. The van der Waals surface area contributed by atoms with Gasteiger partial charge in [0.15, 0.2) is 0 Å². The maximum absolute atomic E-state index is 5.98. The van der Waals surface area contributed by atoms with Crippen LogP contribution in [0.15, 0.2) is 18.3 Å². The third kappa shape index (κ3) is 2.32. The van der Waals surface area contributed by atoms with Crippen LogP contribution in [0.2, 0.25) is 0 Å². The van der Waals surface area contributed by atoms with Crippen LogP contribution in [0.4, 0.5) is 5.82 Å². The number of halogens is 1. The molecule has 1 aromatic heterocycles. The summed E-state index contributed by atoms with van der Waals surface area (Å²) in [4.78, 5) is 6.96. The molecule has 0 N–H and O–H groups in total. The molecule has 1 aliphatic rings. The van der Waals surface area contributed by atoms with Gasteiger partial charge in [0.25, 0.3) is 0 Å². The molecule has 0 aromatic carbocycles. The monoisotopic (exact) mass is 238 g/mol. The zero-order chi connectivity index (χ0) is 11.4. The molecule has 0 bridgehead atoms. The van der Waals surface area contributed by atoms with E-state index in [0.717, 1.165) is 17.9 Å². The third-order valence-corrected chi connectivity index (χ3v) is 3.67. The van der Waals surface area contributed by atoms with Crippen LogP contribution in [-0.2, 0) is 5.88 Å². The average molecular weight is 239 g/mol. The fourth-order valence-electron chi connectivity index (χ4n) is 2.50. The molecule has 0 saturated carbocycles. The van der Waals surface area contributed by atoms with Crippen LogP contribution in [-0.4, -0.2) is 17.6 Å². The minimum Gasteiger partial charge on any atom is -0.353 e. The molecule has 88 valence electrons. The van der Waals surface area contributed by atoms with Crippen LogP contribution >= 0.6 is 11.6 Å². The van der Waals surface area contributed by atoms with Crippen molar-refractivity contribution in [1.29, 1.82) is 0 Å². The molecule has 2 nitrogen and oxygen atoms in total. The first-order chi connectivity index (χ1) is 7.86. The van der Waals surface area contributed by atoms with E-state index in [9.17, 15) is 0 Å². The predicted molar refractivity (Wildman–Crippen MR) is 69.1 cm³/mol. The van der Waals surface area contributed by atoms with E-state index >= 15 is 0 Å². The number of pyridine rings is 1. The first-order valence-electron chi connectivity index (χ1n) is 6.13. The molecule has 1 fully saturated rings. The fraction of sp³-hybridized carbons (Fsp3) is 0.615. The second-order valence-corrected chi connectivity index (χ2v) is 4.64. The fourth-order valence-corrected chi connectivity index (χ4v) is 2.71. The van der Waals surface area contributed by atoms with E-state index in [1.165, 1.54) is 25.7 Å². The van der Waals surface area contributed by atoms with Crippen molar-refractivity contribution in [2.24, 2.45) is 0 Å². The highest BCUT2D eigenvalue weighted by Crippen LogP contribution is 2.28. The van der Waals surface area contributed by atoms with E-state index in [4.69, 9.17) is 11.6 Å². The number of aromatic nitrogens is 1. The summed E-state index contributed by atoms with van der Waals surface area (Å²) < 4.78 is 0. The Morgan fingerprint density at radius 1 is 1.50 bits per heavy atom. The Labute approximate surface area is 103 Å². The number of nitrogens with zero attached hydrogens (tertiary/aromatic N) is 2. The van der Waals surface area contributed by atoms with Crippen molar-refractivity contribution in [3.8, 4) is 0 Å². The van der Waals surface area contributed by atoms with Gasteiger partial charge in [-0.25, -0.2) is 4.98 Å². The number of piperidine rings is 1. The highest BCUT2D eigenvalue weighted by atomic mass is 35.5. The highest BCUT2D eigenvalue weighted by Gasteiger charge is 2.23. The van der Waals surface area contributed by atoms with E-state index in [1.807, 2.05) is 12.3 Å². The molecule has 2 rings (SSSR count). The second kappa shape index (κ2) is 5.53. The summed E-state index contributed by atoms with van der Waals surface area (Å²) in [6.45, 7) is 3.38. The Balaban J connectivity index is 2.26. The Hall–Kier alpha value is -0.760. The van der Waals surface area contributed by atoms with Crippen molar-refractivity contribution >= 4 is 17.4 Å². The summed E-state index contributed by atoms with van der Waals surface area (Å²) in [5.74, 6) is 1.65. The molecule has 3 heteroatoms. The largest absolute Gasteiger partial charge is 0.353 e. The van der Waals surface area contributed by atoms with Gasteiger partial charge in [-0.3, -0.25) is 0 Å². The van der Waals surface area contributed by atoms with Crippen LogP contribution in [0, 0.1) is 0 Å². The lowest BCUT2D eigenvalue weighted by Gasteiger charge is -2.37. The van der Waals surface area contributed by atoms with Crippen LogP contribution < -0.4 is 4.90 Å². The normalized spacial score (nSPS) is 21.1. The molecule has 16 heavy (non-hydrogen) atoms. The first-order valence-corrected chi connectivity index (χ1v) is 6.66. The van der Waals surface area contributed by atoms with Crippen molar-refractivity contribution in [3.63, 3.8) is 0 Å². The lowest BCUT2D eigenvalue weighted by atomic mass is 9.99. The third-order valence-electron chi connectivity index (χ3n) is 3.38. The van der Waals surface area contributed by atoms with Gasteiger partial charge in [-0.2, -0.15) is 0 Å². The SMILES string of the molecule is CCC1CCCCN1c1ncccc1CCl. The molecule has 1 aromatic rings. The van der Waals surface area contributed by atoms with E-state index in [-0.39, 0.29) is 0 Å². The molecule has 1 atom stereocenters. The van der Waals surface area contributed by atoms with Gasteiger partial charge >= 0.3 is 0 Å². The van der Waals surface area contributed by atoms with Crippen molar-refractivity contribution in [2.45, 2.75) is 44.5 Å². The minimum absolute atomic E-state index is 0.552. The topological polar surface area (TPSA) is 16.1 Å². The molecule has 2 heterocycles. The van der Waals surface area contributed by atoms with Crippen LogP contribution in [0.1, 0.15) is 38.2 Å². The number of alkyl halides is 1. The quantitative estimate of drug-likeness (QED) is 0.749. The molecular formula is C13H19ClN2. The molecule has 1 unspecified atom stereocenters. The van der Waals surface area contributed by atoms with Gasteiger partial charge in [0.05, 0.1) is 5.88 Å². The average Bonchev–Trinajstić information content (AvgIpc) is 2.38. The standard InChI is InChI=1S/C13H19ClN2/c1-2-12-7-3-4-9-16(12)13-11(10-14)6-5-8-15-13/h5-6,8,12H,2-4,7,9-10H2,1H3. The second-order valence-electron chi connectivity index (χ2n) is 4.37. The summed E-state index contributed by atoms with van der Waals surface area (Å²) in [5, 5.41) is 0. The lowest BCUT2D eigenvalue weighted by Crippen LogP contribution is -2.40. The van der Waals surface area contributed by atoms with Crippen LogP contribution in [0.25, 0.3) is 0 Å². The number of hydrogen-bond donors (Lipinski definition) is 0. The van der Waals surface area contributed by atoms with Gasteiger partial charge in [-0.15, -0.1) is 11.6 Å². The molecular weight excluding hydrogens is 220 g/mol. The van der Waals surface area contributed by atoms with E-state index in [0.29, 0.717) is 11.9 Å². The van der Waals surface area contributed by atoms with Crippen LogP contribution in [0.5, 0.6) is 0 Å². The van der Waals surface area contributed by atoms with E-state index in [2.05, 4.69) is 22.9 Å². The summed E-state index contributed by atoms with van der Waals surface area (Å²) in [6.07, 6.45) is 6.96. The Kier molecular flexibility index (Phi) is 4.05. The van der Waals surface area contributed by atoms with Crippen LogP contribution in [0.3, 0.4) is 0 Å². The smallest absolute Gasteiger partial charge is 0.133 e. The zero-order valence-corrected chi connectivity index (χ0v) is 10.6. The number of hydrogen-bond acceptors (Lipinski definition) is 2. The van der Waals surface area contributed by atoms with Gasteiger partial charge in [0, 0.05) is 24.3 Å². The number of rotatable bonds is 3. The maximum atomic E-state index is 5.98. The molecule has 0 amide bonds. The van der Waals surface area contributed by atoms with Crippen molar-refractivity contribution in [3.05, 3.63) is 23.9 Å². The highest BCUT2D eigenvalue weighted by molar-refractivity contribution is 6.17. The Morgan fingerprint density at radius 2 is 2.38 bits per heavy atom. The molecule has 1 aliphatic heterocycles. The molecule has 1 saturated heterocycles. The zero-order valence-electron chi connectivity index (χ0n) is 9.82. The van der Waals surface area contributed by atoms with Gasteiger partial charge in [-0.1, -0.05) is 13.0 Å². The molecule has 0 spiro atoms. The first kappa shape index (κ1) is 11.7. The lowest BCUT2D eigenvalue weighted by molar-refractivity contribution is 0.446. The van der Waals surface area contributed by atoms with Gasteiger partial charge in [0.2, 0.25) is 0 Å². The molecule has 0 radical (unpaired) electrons. The summed E-state index contributed by atoms with van der Waals surface area (Å²) in [7, 11) is 0. The number of anilines is 1. The molecule has 0 aliphatic carbocycles. The maximum Gasteiger partial charge on any atom is 0.133 e. The van der Waals surface area contributed by atoms with Crippen molar-refractivity contribution < 1.29 is 0 Å². The summed E-state index contributed by atoms with van der Waals surface area (Å²) >= 11 is 5.98. The van der Waals surface area contributed by atoms with Crippen molar-refractivity contribution in [1.82, 2.24) is 4.98 Å². The van der Waals surface area contributed by atoms with E-state index in [1.54, 1.807) is 0 Å².